The highest BCUT2D eigenvalue weighted by molar-refractivity contribution is 8.15. The van der Waals surface area contributed by atoms with E-state index in [0.29, 0.717) is 22.7 Å². The molecule has 8 nitrogen and oxygen atoms in total. The molecule has 2 aliphatic rings. The molecule has 2 heterocycles. The van der Waals surface area contributed by atoms with Crippen LogP contribution >= 0.6 is 11.8 Å². The van der Waals surface area contributed by atoms with Crippen LogP contribution in [-0.2, 0) is 15.2 Å². The molecule has 4 rings (SSSR count). The van der Waals surface area contributed by atoms with Gasteiger partial charge in [0.05, 0.1) is 19.3 Å². The van der Waals surface area contributed by atoms with Gasteiger partial charge in [-0.15, -0.1) is 0 Å². The van der Waals surface area contributed by atoms with Gasteiger partial charge in [-0.25, -0.2) is 0 Å². The third kappa shape index (κ3) is 3.12. The van der Waals surface area contributed by atoms with E-state index >= 15 is 0 Å². The van der Waals surface area contributed by atoms with Crippen LogP contribution in [0.25, 0.3) is 0 Å². The number of hydrogen-bond donors (Lipinski definition) is 2. The quantitative estimate of drug-likeness (QED) is 0.733. The van der Waals surface area contributed by atoms with E-state index in [1.807, 2.05) is 12.1 Å². The summed E-state index contributed by atoms with van der Waals surface area (Å²) in [5.41, 5.74) is 4.49. The fraction of sp³-hybridized carbons (Fsp3) is 0.250. The average molecular weight is 413 g/mol. The zero-order chi connectivity index (χ0) is 20.6. The number of carbonyl (C=O) groups is 2. The summed E-state index contributed by atoms with van der Waals surface area (Å²) >= 11 is 0.898. The number of ether oxygens (including phenoxy) is 2. The number of benzene rings is 2. The van der Waals surface area contributed by atoms with Gasteiger partial charge in [-0.3, -0.25) is 9.59 Å². The molecule has 2 aliphatic heterocycles. The van der Waals surface area contributed by atoms with Gasteiger partial charge in [0.25, 0.3) is 11.8 Å². The van der Waals surface area contributed by atoms with Gasteiger partial charge in [0.15, 0.2) is 22.3 Å². The van der Waals surface area contributed by atoms with E-state index in [2.05, 4.69) is 4.99 Å². The summed E-state index contributed by atoms with van der Waals surface area (Å²) < 4.78 is 11.0. The minimum absolute atomic E-state index is 0.0386. The van der Waals surface area contributed by atoms with Gasteiger partial charge in [-0.2, -0.15) is 4.99 Å². The summed E-state index contributed by atoms with van der Waals surface area (Å²) in [7, 11) is 1.55. The molecule has 0 aliphatic carbocycles. The molecule has 0 bridgehead atoms. The molecule has 29 heavy (non-hydrogen) atoms. The first-order chi connectivity index (χ1) is 14.0. The number of fused-ring (bicyclic) bond motifs is 1. The Labute approximate surface area is 171 Å². The molecule has 0 radical (unpaired) electrons. The predicted molar refractivity (Wildman–Crippen MR) is 109 cm³/mol. The summed E-state index contributed by atoms with van der Waals surface area (Å²) in [5.74, 6) is -0.0889. The molecule has 0 saturated carbocycles. The minimum atomic E-state index is -2.03. The van der Waals surface area contributed by atoms with Crippen LogP contribution in [0.3, 0.4) is 0 Å². The second-order valence-corrected chi connectivity index (χ2v) is 7.65. The molecule has 2 aromatic rings. The van der Waals surface area contributed by atoms with Crippen molar-refractivity contribution in [2.45, 2.75) is 10.9 Å². The van der Waals surface area contributed by atoms with Crippen LogP contribution in [0.5, 0.6) is 11.5 Å². The first-order valence-electron chi connectivity index (χ1n) is 8.91. The van der Waals surface area contributed by atoms with Gasteiger partial charge in [0.1, 0.15) is 11.9 Å². The van der Waals surface area contributed by atoms with Crippen LogP contribution in [0.1, 0.15) is 5.56 Å². The molecular formula is C20H19N3O5S. The number of nitrogens with zero attached hydrogens (tertiary/aromatic N) is 2. The smallest absolute Gasteiger partial charge is 0.265 e. The van der Waals surface area contributed by atoms with Crippen molar-refractivity contribution in [3.05, 3.63) is 54.1 Å². The highest BCUT2D eigenvalue weighted by atomic mass is 32.2. The number of methoxy groups -OCH3 is 1. The highest BCUT2D eigenvalue weighted by Crippen LogP contribution is 2.47. The lowest BCUT2D eigenvalue weighted by Crippen LogP contribution is -2.50. The number of carbonyl (C=O) groups excluding carboxylic acids is 2. The van der Waals surface area contributed by atoms with Gasteiger partial charge < -0.3 is 25.2 Å². The van der Waals surface area contributed by atoms with Crippen LogP contribution in [0.15, 0.2) is 53.5 Å². The van der Waals surface area contributed by atoms with E-state index in [-0.39, 0.29) is 18.3 Å². The number of rotatable bonds is 6. The van der Waals surface area contributed by atoms with Gasteiger partial charge >= 0.3 is 0 Å². The van der Waals surface area contributed by atoms with Crippen molar-refractivity contribution in [1.82, 2.24) is 0 Å². The molecule has 0 spiro atoms. The predicted octanol–water partition coefficient (Wildman–Crippen LogP) is 1.27. The lowest BCUT2D eigenvalue weighted by atomic mass is 9.91. The Hall–Kier alpha value is -3.04. The number of hydrogen-bond acceptors (Lipinski definition) is 7. The topological polar surface area (TPSA) is 114 Å². The zero-order valence-corrected chi connectivity index (χ0v) is 16.4. The van der Waals surface area contributed by atoms with Crippen LogP contribution in [-0.4, -0.2) is 47.6 Å². The third-order valence-corrected chi connectivity index (χ3v) is 5.99. The molecule has 2 atom stereocenters. The van der Waals surface area contributed by atoms with Crippen molar-refractivity contribution >= 4 is 34.4 Å². The Balaban J connectivity index is 1.57. The van der Waals surface area contributed by atoms with Gasteiger partial charge in [-0.1, -0.05) is 42.1 Å². The van der Waals surface area contributed by atoms with Gasteiger partial charge in [0.2, 0.25) is 0 Å². The van der Waals surface area contributed by atoms with Crippen molar-refractivity contribution in [3.63, 3.8) is 0 Å². The molecule has 0 unspecified atom stereocenters. The fourth-order valence-corrected chi connectivity index (χ4v) is 4.49. The fourth-order valence-electron chi connectivity index (χ4n) is 3.55. The number of nitrogens with two attached hydrogens (primary N) is 1. The first-order valence-corrected chi connectivity index (χ1v) is 9.79. The van der Waals surface area contributed by atoms with Crippen LogP contribution in [0.2, 0.25) is 0 Å². The zero-order valence-electron chi connectivity index (χ0n) is 15.6. The van der Waals surface area contributed by atoms with E-state index in [1.165, 1.54) is 4.90 Å². The van der Waals surface area contributed by atoms with Crippen molar-refractivity contribution in [3.8, 4) is 11.5 Å². The van der Waals surface area contributed by atoms with E-state index in [1.54, 1.807) is 43.5 Å². The summed E-state index contributed by atoms with van der Waals surface area (Å²) in [4.78, 5) is 30.6. The lowest BCUT2D eigenvalue weighted by Gasteiger charge is -2.26. The number of para-hydroxylation sites is 3. The van der Waals surface area contributed by atoms with Crippen molar-refractivity contribution in [2.75, 3.05) is 25.2 Å². The molecule has 9 heteroatoms. The monoisotopic (exact) mass is 413 g/mol. The Morgan fingerprint density at radius 1 is 1.17 bits per heavy atom. The minimum Gasteiger partial charge on any atom is -0.493 e. The van der Waals surface area contributed by atoms with Crippen LogP contribution in [0, 0.1) is 0 Å². The Morgan fingerprint density at radius 2 is 1.86 bits per heavy atom. The van der Waals surface area contributed by atoms with E-state index in [0.717, 1.165) is 11.8 Å². The second-order valence-electron chi connectivity index (χ2n) is 6.53. The van der Waals surface area contributed by atoms with Crippen molar-refractivity contribution in [2.24, 2.45) is 10.7 Å². The molecule has 3 N–H and O–H groups in total. The third-order valence-electron chi connectivity index (χ3n) is 4.88. The van der Waals surface area contributed by atoms with Crippen molar-refractivity contribution in [1.29, 1.82) is 0 Å². The number of aliphatic imine (C=N–C) groups is 1. The lowest BCUT2D eigenvalue weighted by molar-refractivity contribution is -0.140. The highest BCUT2D eigenvalue weighted by Gasteiger charge is 2.59. The van der Waals surface area contributed by atoms with Crippen LogP contribution < -0.4 is 20.1 Å². The second kappa shape index (κ2) is 7.41. The largest absolute Gasteiger partial charge is 0.493 e. The maximum absolute atomic E-state index is 13.2. The van der Waals surface area contributed by atoms with E-state index in [9.17, 15) is 14.7 Å². The number of aliphatic hydroxyl groups is 1. The number of amides is 2. The Kier molecular flexibility index (Phi) is 4.93. The first kappa shape index (κ1) is 19.3. The number of amidine groups is 1. The molecule has 0 aromatic heterocycles. The van der Waals surface area contributed by atoms with E-state index in [4.69, 9.17) is 15.2 Å². The van der Waals surface area contributed by atoms with Gasteiger partial charge in [0, 0.05) is 5.56 Å². The molecule has 2 amide bonds. The van der Waals surface area contributed by atoms with Crippen LogP contribution in [0.4, 0.5) is 5.69 Å². The summed E-state index contributed by atoms with van der Waals surface area (Å²) in [6.45, 7) is 0.346. The number of thioether (sulfide) groups is 1. The Morgan fingerprint density at radius 3 is 2.55 bits per heavy atom. The maximum Gasteiger partial charge on any atom is 0.265 e. The maximum atomic E-state index is 13.2. The number of anilines is 1. The molecule has 2 aromatic carbocycles. The standard InChI is InChI=1S/C20H19N3O5S/c1-27-14-8-4-5-9-15(14)28-11-10-23-13-7-3-2-6-12(13)20(26,18(23)25)16-17(24)22-19(21)29-16/h2-9,16,26H,10-11H2,1H3,(H2,21,22,24)/t16-,20-/m0/s1. The summed E-state index contributed by atoms with van der Waals surface area (Å²) in [5, 5.41) is 10.3. The molecule has 150 valence electrons. The molecular weight excluding hydrogens is 394 g/mol. The summed E-state index contributed by atoms with van der Waals surface area (Å²) in [6, 6.07) is 14.0. The molecule has 0 fully saturated rings. The van der Waals surface area contributed by atoms with E-state index < -0.39 is 22.7 Å². The Bertz CT molecular complexity index is 1010. The SMILES string of the molecule is COc1ccccc1OCCN1C(=O)[C@@](O)([C@H]2SC(N)=NC2=O)c2ccccc21. The normalized spacial score (nSPS) is 23.2. The van der Waals surface area contributed by atoms with Crippen molar-refractivity contribution < 1.29 is 24.2 Å². The average Bonchev–Trinajstić information content (AvgIpc) is 3.18. The molecule has 0 saturated heterocycles. The van der Waals surface area contributed by atoms with Gasteiger partial charge in [-0.05, 0) is 18.2 Å². The summed E-state index contributed by atoms with van der Waals surface area (Å²) in [6.07, 6.45) is 0.